The first-order chi connectivity index (χ1) is 7.04. The molecule has 0 saturated carbocycles. The van der Waals surface area contributed by atoms with E-state index < -0.39 is 20.7 Å². The molecule has 0 aliphatic carbocycles. The number of hydrogen-bond donors (Lipinski definition) is 1. The van der Waals surface area contributed by atoms with Crippen molar-refractivity contribution >= 4 is 25.8 Å². The summed E-state index contributed by atoms with van der Waals surface area (Å²) in [5.74, 6) is 0.491. The van der Waals surface area contributed by atoms with Crippen LogP contribution >= 0.6 is 0 Å². The molecule has 1 rings (SSSR count). The van der Waals surface area contributed by atoms with Crippen LogP contribution in [0.25, 0.3) is 0 Å². The van der Waals surface area contributed by atoms with Crippen molar-refractivity contribution in [3.8, 4) is 5.75 Å². The molecule has 0 aromatic heterocycles. The van der Waals surface area contributed by atoms with Gasteiger partial charge in [0.25, 0.3) is 0 Å². The normalized spacial score (nSPS) is 13.0. The molecule has 1 N–H and O–H groups in total. The van der Waals surface area contributed by atoms with Crippen molar-refractivity contribution in [1.82, 2.24) is 0 Å². The average Bonchev–Trinajstić information content (AvgIpc) is 2.17. The van der Waals surface area contributed by atoms with Crippen LogP contribution in [0.1, 0.15) is 6.92 Å². The number of benzene rings is 1. The van der Waals surface area contributed by atoms with Gasteiger partial charge in [0, 0.05) is 0 Å². The van der Waals surface area contributed by atoms with Crippen LogP contribution in [0, 0.1) is 10.1 Å². The van der Waals surface area contributed by atoms with E-state index in [1.165, 1.54) is 19.2 Å². The maximum absolute atomic E-state index is 10.5. The van der Waals surface area contributed by atoms with Crippen LogP contribution in [0.5, 0.6) is 5.75 Å². The van der Waals surface area contributed by atoms with Crippen LogP contribution in [0.2, 0.25) is 0 Å². The Bertz CT molecular complexity index is 367. The Labute approximate surface area is 93.9 Å². The van der Waals surface area contributed by atoms with Crippen molar-refractivity contribution in [2.24, 2.45) is 0 Å². The zero-order valence-electron chi connectivity index (χ0n) is 8.43. The van der Waals surface area contributed by atoms with Gasteiger partial charge in [0.1, 0.15) is 0 Å². The van der Waals surface area contributed by atoms with E-state index in [0.29, 0.717) is 5.75 Å². The molecule has 0 amide bonds. The zero-order chi connectivity index (χ0) is 11.4. The summed E-state index contributed by atoms with van der Waals surface area (Å²) in [6.07, 6.45) is 0. The van der Waals surface area contributed by atoms with Gasteiger partial charge < -0.3 is 0 Å². The Morgan fingerprint density at radius 2 is 2.27 bits per heavy atom. The van der Waals surface area contributed by atoms with Gasteiger partial charge in [0.05, 0.1) is 0 Å². The Balaban J connectivity index is 3.03. The molecule has 5 nitrogen and oxygen atoms in total. The fraction of sp³-hybridized carbons (Fsp3) is 0.333. The second-order valence-electron chi connectivity index (χ2n) is 2.96. The van der Waals surface area contributed by atoms with Crippen molar-refractivity contribution in [1.29, 1.82) is 0 Å². The molecule has 0 bridgehead atoms. The van der Waals surface area contributed by atoms with Crippen LogP contribution in [-0.4, -0.2) is 37.8 Å². The summed E-state index contributed by atoms with van der Waals surface area (Å²) in [5.41, 5.74) is 0.00722. The first kappa shape index (κ1) is 12.0. The number of nitro groups is 1. The third-order valence-corrected chi connectivity index (χ3v) is 4.16. The minimum atomic E-state index is -0.722. The van der Waals surface area contributed by atoms with E-state index >= 15 is 0 Å². The van der Waals surface area contributed by atoms with Crippen LogP contribution in [0.3, 0.4) is 0 Å². The van der Waals surface area contributed by atoms with Crippen molar-refractivity contribution < 1.29 is 14.8 Å². The van der Waals surface area contributed by atoms with E-state index in [-0.39, 0.29) is 10.6 Å². The van der Waals surface area contributed by atoms with Crippen molar-refractivity contribution in [3.05, 3.63) is 28.3 Å². The molecular formula is C9H12AsNO4. The fourth-order valence-corrected chi connectivity index (χ4v) is 3.12. The van der Waals surface area contributed by atoms with Crippen LogP contribution in [0.4, 0.5) is 5.69 Å². The van der Waals surface area contributed by atoms with E-state index in [9.17, 15) is 15.2 Å². The first-order valence-electron chi connectivity index (χ1n) is 4.31. The summed E-state index contributed by atoms with van der Waals surface area (Å²) in [4.78, 5) is 9.68. The van der Waals surface area contributed by atoms with Crippen molar-refractivity contribution in [2.75, 3.05) is 7.11 Å². The third-order valence-electron chi connectivity index (χ3n) is 1.76. The SMILES string of the molecule is COc1cc([N+](=O)[O-])ccc1[AsH]C(C)O. The maximum atomic E-state index is 10.5. The van der Waals surface area contributed by atoms with Gasteiger partial charge in [-0.3, -0.25) is 0 Å². The monoisotopic (exact) mass is 273 g/mol. The Morgan fingerprint density at radius 1 is 1.60 bits per heavy atom. The fourth-order valence-electron chi connectivity index (χ4n) is 1.14. The van der Waals surface area contributed by atoms with Gasteiger partial charge in [0.15, 0.2) is 0 Å². The summed E-state index contributed by atoms with van der Waals surface area (Å²) in [6, 6.07) is 4.48. The zero-order valence-corrected chi connectivity index (χ0v) is 10.5. The summed E-state index contributed by atoms with van der Waals surface area (Å²) < 4.78 is 5.94. The Morgan fingerprint density at radius 3 is 2.73 bits per heavy atom. The molecule has 1 aromatic carbocycles. The van der Waals surface area contributed by atoms with Gasteiger partial charge in [-0.05, 0) is 0 Å². The molecule has 0 fully saturated rings. The van der Waals surface area contributed by atoms with Crippen LogP contribution < -0.4 is 9.09 Å². The van der Waals surface area contributed by atoms with E-state index in [1.807, 2.05) is 0 Å². The Kier molecular flexibility index (Phi) is 4.12. The van der Waals surface area contributed by atoms with E-state index in [4.69, 9.17) is 4.74 Å². The second kappa shape index (κ2) is 5.14. The minimum absolute atomic E-state index is 0.00722. The van der Waals surface area contributed by atoms with Gasteiger partial charge >= 0.3 is 93.5 Å². The van der Waals surface area contributed by atoms with Crippen molar-refractivity contribution in [2.45, 2.75) is 11.8 Å². The van der Waals surface area contributed by atoms with Gasteiger partial charge in [-0.2, -0.15) is 0 Å². The van der Waals surface area contributed by atoms with Gasteiger partial charge in [-0.1, -0.05) is 0 Å². The predicted octanol–water partition coefficient (Wildman–Crippen LogP) is 0.00350. The number of ether oxygens (including phenoxy) is 1. The molecule has 0 saturated heterocycles. The van der Waals surface area contributed by atoms with E-state index in [1.54, 1.807) is 13.0 Å². The number of nitrogens with zero attached hydrogens (tertiary/aromatic N) is 1. The molecule has 15 heavy (non-hydrogen) atoms. The van der Waals surface area contributed by atoms with E-state index in [0.717, 1.165) is 4.35 Å². The molecule has 2 atom stereocenters. The molecule has 82 valence electrons. The summed E-state index contributed by atoms with van der Waals surface area (Å²) in [5, 5.41) is 19.8. The number of hydrogen-bond acceptors (Lipinski definition) is 4. The Hall–Kier alpha value is -1.06. The summed E-state index contributed by atoms with van der Waals surface area (Å²) in [7, 11) is 1.47. The summed E-state index contributed by atoms with van der Waals surface area (Å²) >= 11 is -0.722. The molecule has 0 heterocycles. The van der Waals surface area contributed by atoms with E-state index in [2.05, 4.69) is 0 Å². The molecule has 0 spiro atoms. The van der Waals surface area contributed by atoms with Gasteiger partial charge in [0.2, 0.25) is 0 Å². The van der Waals surface area contributed by atoms with Gasteiger partial charge in [-0.15, -0.1) is 0 Å². The number of aliphatic hydroxyl groups is 1. The number of rotatable bonds is 4. The average molecular weight is 273 g/mol. The number of non-ortho nitro benzene ring substituents is 1. The molecule has 2 unspecified atom stereocenters. The molecule has 0 aliphatic rings. The van der Waals surface area contributed by atoms with Gasteiger partial charge in [-0.25, -0.2) is 0 Å². The number of methoxy groups -OCH3 is 1. The van der Waals surface area contributed by atoms with Crippen molar-refractivity contribution in [3.63, 3.8) is 0 Å². The second-order valence-corrected chi connectivity index (χ2v) is 6.45. The summed E-state index contributed by atoms with van der Waals surface area (Å²) in [6.45, 7) is 1.71. The van der Waals surface area contributed by atoms with Crippen LogP contribution in [-0.2, 0) is 0 Å². The predicted molar refractivity (Wildman–Crippen MR) is 58.1 cm³/mol. The molecule has 1 aromatic rings. The number of nitro benzene ring substituents is 1. The quantitative estimate of drug-likeness (QED) is 0.476. The molecule has 0 aliphatic heterocycles. The first-order valence-corrected chi connectivity index (χ1v) is 6.57. The number of aliphatic hydroxyl groups excluding tert-OH is 1. The molecule has 0 radical (unpaired) electrons. The molecular weight excluding hydrogens is 261 g/mol. The third kappa shape index (κ3) is 3.22. The standard InChI is InChI=1S/C9H12AsNO4/c1-6(12)10-8-4-3-7(11(13)14)5-9(8)15-2/h3-6,10,12H,1-2H3. The van der Waals surface area contributed by atoms with Crippen LogP contribution in [0.15, 0.2) is 18.2 Å². The molecule has 6 heteroatoms. The topological polar surface area (TPSA) is 72.6 Å².